The van der Waals surface area contributed by atoms with Crippen molar-refractivity contribution in [2.45, 2.75) is 24.3 Å². The molecule has 1 aromatic rings. The number of hydrogen-bond donors (Lipinski definition) is 1. The fourth-order valence-corrected chi connectivity index (χ4v) is 3.71. The first-order chi connectivity index (χ1) is 10.3. The minimum Gasteiger partial charge on any atom is -0.336 e. The first kappa shape index (κ1) is 16.9. The summed E-state index contributed by atoms with van der Waals surface area (Å²) in [7, 11) is -0.602. The Morgan fingerprint density at radius 2 is 2.09 bits per heavy atom. The molecule has 22 heavy (non-hydrogen) atoms. The Bertz CT molecular complexity index is 658. The van der Waals surface area contributed by atoms with Crippen LogP contribution in [0.5, 0.6) is 0 Å². The molecular formula is C15H23N3O3S. The van der Waals surface area contributed by atoms with Crippen LogP contribution in [-0.2, 0) is 10.0 Å². The fourth-order valence-electron chi connectivity index (χ4n) is 2.76. The van der Waals surface area contributed by atoms with Crippen molar-refractivity contribution in [3.8, 4) is 0 Å². The molecule has 1 aliphatic heterocycles. The van der Waals surface area contributed by atoms with Crippen LogP contribution < -0.4 is 5.73 Å². The van der Waals surface area contributed by atoms with Crippen LogP contribution >= 0.6 is 0 Å². The number of benzene rings is 1. The van der Waals surface area contributed by atoms with Gasteiger partial charge in [0.1, 0.15) is 0 Å². The van der Waals surface area contributed by atoms with Crippen LogP contribution in [0.2, 0.25) is 0 Å². The number of carbonyl (C=O) groups is 1. The lowest BCUT2D eigenvalue weighted by Crippen LogP contribution is -2.34. The molecule has 122 valence electrons. The Balaban J connectivity index is 2.29. The smallest absolute Gasteiger partial charge is 0.254 e. The Morgan fingerprint density at radius 3 is 2.64 bits per heavy atom. The molecule has 0 bridgehead atoms. The van der Waals surface area contributed by atoms with E-state index in [0.717, 1.165) is 10.7 Å². The standard InChI is InChI=1S/C15H23N3O3S/c1-11-7-12(9-16)10-18(11)15(19)13-5-4-6-14(8-13)22(20,21)17(2)3/h4-6,8,11-12H,7,9-10,16H2,1-3H3. The maximum absolute atomic E-state index is 12.6. The number of sulfonamides is 1. The van der Waals surface area contributed by atoms with Gasteiger partial charge in [0.15, 0.2) is 0 Å². The van der Waals surface area contributed by atoms with Crippen molar-refractivity contribution >= 4 is 15.9 Å². The summed E-state index contributed by atoms with van der Waals surface area (Å²) in [5, 5.41) is 0. The van der Waals surface area contributed by atoms with Crippen LogP contribution in [0.4, 0.5) is 0 Å². The van der Waals surface area contributed by atoms with Crippen molar-refractivity contribution in [1.29, 1.82) is 0 Å². The molecule has 1 saturated heterocycles. The van der Waals surface area contributed by atoms with E-state index >= 15 is 0 Å². The minimum atomic E-state index is -3.54. The summed E-state index contributed by atoms with van der Waals surface area (Å²) in [5.41, 5.74) is 6.08. The van der Waals surface area contributed by atoms with Crippen LogP contribution in [0, 0.1) is 5.92 Å². The third-order valence-corrected chi connectivity index (χ3v) is 5.93. The van der Waals surface area contributed by atoms with Crippen LogP contribution in [0.1, 0.15) is 23.7 Å². The second-order valence-corrected chi connectivity index (χ2v) is 8.11. The number of amides is 1. The third-order valence-electron chi connectivity index (χ3n) is 4.12. The predicted molar refractivity (Wildman–Crippen MR) is 85.0 cm³/mol. The van der Waals surface area contributed by atoms with Gasteiger partial charge in [0.25, 0.3) is 5.91 Å². The lowest BCUT2D eigenvalue weighted by molar-refractivity contribution is 0.0743. The lowest BCUT2D eigenvalue weighted by Gasteiger charge is -2.22. The fraction of sp³-hybridized carbons (Fsp3) is 0.533. The third kappa shape index (κ3) is 3.16. The molecule has 2 rings (SSSR count). The summed E-state index contributed by atoms with van der Waals surface area (Å²) >= 11 is 0. The highest BCUT2D eigenvalue weighted by atomic mass is 32.2. The minimum absolute atomic E-state index is 0.121. The van der Waals surface area contributed by atoms with Crippen LogP contribution in [0.3, 0.4) is 0 Å². The van der Waals surface area contributed by atoms with E-state index in [9.17, 15) is 13.2 Å². The van der Waals surface area contributed by atoms with Crippen molar-refractivity contribution in [2.75, 3.05) is 27.2 Å². The SMILES string of the molecule is CC1CC(CN)CN1C(=O)c1cccc(S(=O)(=O)N(C)C)c1. The monoisotopic (exact) mass is 325 g/mol. The number of nitrogens with zero attached hydrogens (tertiary/aromatic N) is 2. The molecule has 1 heterocycles. The quantitative estimate of drug-likeness (QED) is 0.885. The Kier molecular flexibility index (Phi) is 4.89. The molecule has 2 unspecified atom stereocenters. The van der Waals surface area contributed by atoms with Gasteiger partial charge in [-0.1, -0.05) is 6.07 Å². The van der Waals surface area contributed by atoms with Gasteiger partial charge in [0.05, 0.1) is 4.90 Å². The zero-order chi connectivity index (χ0) is 16.5. The molecule has 1 aliphatic rings. The van der Waals surface area contributed by atoms with Crippen molar-refractivity contribution in [2.24, 2.45) is 11.7 Å². The average molecular weight is 325 g/mol. The lowest BCUT2D eigenvalue weighted by atomic mass is 10.1. The molecule has 1 amide bonds. The molecule has 6 nitrogen and oxygen atoms in total. The maximum atomic E-state index is 12.6. The average Bonchev–Trinajstić information content (AvgIpc) is 2.87. The van der Waals surface area contributed by atoms with E-state index in [2.05, 4.69) is 0 Å². The van der Waals surface area contributed by atoms with Gasteiger partial charge in [-0.2, -0.15) is 0 Å². The first-order valence-electron chi connectivity index (χ1n) is 7.31. The van der Waals surface area contributed by atoms with Gasteiger partial charge in [-0.25, -0.2) is 12.7 Å². The molecule has 7 heteroatoms. The van der Waals surface area contributed by atoms with Crippen LogP contribution in [0.25, 0.3) is 0 Å². The number of hydrogen-bond acceptors (Lipinski definition) is 4. The summed E-state index contributed by atoms with van der Waals surface area (Å²) in [4.78, 5) is 14.6. The van der Waals surface area contributed by atoms with Crippen molar-refractivity contribution < 1.29 is 13.2 Å². The van der Waals surface area contributed by atoms with E-state index < -0.39 is 10.0 Å². The number of rotatable bonds is 4. The second-order valence-electron chi connectivity index (χ2n) is 5.96. The van der Waals surface area contributed by atoms with E-state index in [4.69, 9.17) is 5.73 Å². The van der Waals surface area contributed by atoms with Gasteiger partial charge >= 0.3 is 0 Å². The van der Waals surface area contributed by atoms with Gasteiger partial charge in [0, 0.05) is 32.2 Å². The molecule has 0 saturated carbocycles. The van der Waals surface area contributed by atoms with E-state index in [-0.39, 0.29) is 16.8 Å². The first-order valence-corrected chi connectivity index (χ1v) is 8.75. The Hall–Kier alpha value is -1.44. The number of likely N-dealkylation sites (tertiary alicyclic amines) is 1. The normalized spacial score (nSPS) is 22.3. The molecule has 1 fully saturated rings. The summed E-state index contributed by atoms with van der Waals surface area (Å²) < 4.78 is 25.5. The van der Waals surface area contributed by atoms with Crippen molar-refractivity contribution in [3.63, 3.8) is 0 Å². The molecular weight excluding hydrogens is 302 g/mol. The zero-order valence-corrected chi connectivity index (χ0v) is 14.0. The highest BCUT2D eigenvalue weighted by Gasteiger charge is 2.32. The van der Waals surface area contributed by atoms with Gasteiger partial charge in [-0.3, -0.25) is 4.79 Å². The summed E-state index contributed by atoms with van der Waals surface area (Å²) in [6, 6.07) is 6.32. The highest BCUT2D eigenvalue weighted by Crippen LogP contribution is 2.25. The van der Waals surface area contributed by atoms with Crippen molar-refractivity contribution in [3.05, 3.63) is 29.8 Å². The van der Waals surface area contributed by atoms with Gasteiger partial charge in [0.2, 0.25) is 10.0 Å². The van der Waals surface area contributed by atoms with Crippen LogP contribution in [-0.4, -0.2) is 56.8 Å². The molecule has 0 aliphatic carbocycles. The topological polar surface area (TPSA) is 83.7 Å². The summed E-state index contributed by atoms with van der Waals surface area (Å²) in [5.74, 6) is 0.173. The van der Waals surface area contributed by atoms with Gasteiger partial charge in [-0.05, 0) is 44.0 Å². The van der Waals surface area contributed by atoms with Gasteiger partial charge < -0.3 is 10.6 Å². The number of nitrogens with two attached hydrogens (primary N) is 1. The molecule has 1 aromatic carbocycles. The summed E-state index contributed by atoms with van der Waals surface area (Å²) in [6.45, 7) is 3.18. The Morgan fingerprint density at radius 1 is 1.41 bits per heavy atom. The number of carbonyl (C=O) groups excluding carboxylic acids is 1. The molecule has 2 atom stereocenters. The molecule has 0 radical (unpaired) electrons. The zero-order valence-electron chi connectivity index (χ0n) is 13.2. The van der Waals surface area contributed by atoms with Gasteiger partial charge in [-0.15, -0.1) is 0 Å². The molecule has 0 aromatic heterocycles. The highest BCUT2D eigenvalue weighted by molar-refractivity contribution is 7.89. The van der Waals surface area contributed by atoms with E-state index in [1.165, 1.54) is 26.2 Å². The van der Waals surface area contributed by atoms with E-state index in [1.807, 2.05) is 6.92 Å². The van der Waals surface area contributed by atoms with E-state index in [0.29, 0.717) is 24.6 Å². The van der Waals surface area contributed by atoms with Crippen molar-refractivity contribution in [1.82, 2.24) is 9.21 Å². The van der Waals surface area contributed by atoms with E-state index in [1.54, 1.807) is 17.0 Å². The molecule has 0 spiro atoms. The Labute approximate surface area is 131 Å². The predicted octanol–water partition coefficient (Wildman–Crippen LogP) is 0.746. The summed E-state index contributed by atoms with van der Waals surface area (Å²) in [6.07, 6.45) is 0.887. The maximum Gasteiger partial charge on any atom is 0.254 e. The molecule has 2 N–H and O–H groups in total. The largest absolute Gasteiger partial charge is 0.336 e. The second kappa shape index (κ2) is 6.36. The van der Waals surface area contributed by atoms with Crippen LogP contribution in [0.15, 0.2) is 29.2 Å².